The SMILES string of the molecule is Cc1cccc(-n2c(=O)c3ccccc3n(CC(=O)N3CCOCC3)c2=O)c1. The van der Waals surface area contributed by atoms with Gasteiger partial charge in [0.1, 0.15) is 6.54 Å². The van der Waals surface area contributed by atoms with Crippen molar-refractivity contribution in [2.45, 2.75) is 13.5 Å². The highest BCUT2D eigenvalue weighted by Gasteiger charge is 2.21. The normalized spacial score (nSPS) is 14.4. The van der Waals surface area contributed by atoms with E-state index in [1.807, 2.05) is 13.0 Å². The fourth-order valence-corrected chi connectivity index (χ4v) is 3.52. The van der Waals surface area contributed by atoms with Crippen LogP contribution in [-0.2, 0) is 16.1 Å². The van der Waals surface area contributed by atoms with Gasteiger partial charge in [-0.15, -0.1) is 0 Å². The minimum atomic E-state index is -0.518. The quantitative estimate of drug-likeness (QED) is 0.688. The van der Waals surface area contributed by atoms with Crippen LogP contribution >= 0.6 is 0 Å². The molecule has 7 nitrogen and oxygen atoms in total. The molecule has 3 aromatic rings. The third-order valence-corrected chi connectivity index (χ3v) is 4.97. The molecule has 1 aliphatic rings. The second-order valence-corrected chi connectivity index (χ2v) is 6.86. The molecule has 1 saturated heterocycles. The number of rotatable bonds is 3. The van der Waals surface area contributed by atoms with Gasteiger partial charge >= 0.3 is 5.69 Å². The topological polar surface area (TPSA) is 73.5 Å². The first-order valence-corrected chi connectivity index (χ1v) is 9.23. The van der Waals surface area contributed by atoms with Crippen LogP contribution < -0.4 is 11.2 Å². The molecule has 0 saturated carbocycles. The second-order valence-electron chi connectivity index (χ2n) is 6.86. The van der Waals surface area contributed by atoms with Crippen LogP contribution in [0, 0.1) is 6.92 Å². The van der Waals surface area contributed by atoms with Gasteiger partial charge in [-0.25, -0.2) is 9.36 Å². The van der Waals surface area contributed by atoms with Crippen LogP contribution in [0.15, 0.2) is 58.1 Å². The summed E-state index contributed by atoms with van der Waals surface area (Å²) in [5.74, 6) is -0.162. The highest BCUT2D eigenvalue weighted by molar-refractivity contribution is 5.82. The number of hydrogen-bond acceptors (Lipinski definition) is 4. The van der Waals surface area contributed by atoms with Crippen molar-refractivity contribution in [3.8, 4) is 5.69 Å². The zero-order chi connectivity index (χ0) is 19.7. The van der Waals surface area contributed by atoms with Gasteiger partial charge in [-0.2, -0.15) is 0 Å². The van der Waals surface area contributed by atoms with E-state index in [0.29, 0.717) is 42.9 Å². The van der Waals surface area contributed by atoms with Crippen LogP contribution in [0.1, 0.15) is 5.56 Å². The van der Waals surface area contributed by atoms with Crippen LogP contribution in [0.25, 0.3) is 16.6 Å². The number of aromatic nitrogens is 2. The predicted octanol–water partition coefficient (Wildman–Crippen LogP) is 1.32. The molecule has 1 fully saturated rings. The van der Waals surface area contributed by atoms with Gasteiger partial charge in [-0.1, -0.05) is 24.3 Å². The Morgan fingerprint density at radius 1 is 1.04 bits per heavy atom. The van der Waals surface area contributed by atoms with Gasteiger partial charge in [0.15, 0.2) is 0 Å². The zero-order valence-corrected chi connectivity index (χ0v) is 15.6. The van der Waals surface area contributed by atoms with E-state index in [1.54, 1.807) is 47.4 Å². The number of ether oxygens (including phenoxy) is 1. The van der Waals surface area contributed by atoms with Crippen molar-refractivity contribution in [2.24, 2.45) is 0 Å². The number of morpholine rings is 1. The first kappa shape index (κ1) is 18.2. The monoisotopic (exact) mass is 379 g/mol. The lowest BCUT2D eigenvalue weighted by atomic mass is 10.2. The van der Waals surface area contributed by atoms with Crippen LogP contribution in [0.4, 0.5) is 0 Å². The lowest BCUT2D eigenvalue weighted by Crippen LogP contribution is -2.45. The molecule has 4 rings (SSSR count). The molecule has 1 aliphatic heterocycles. The molecule has 28 heavy (non-hydrogen) atoms. The lowest BCUT2D eigenvalue weighted by Gasteiger charge is -2.27. The van der Waals surface area contributed by atoms with Gasteiger partial charge in [0.25, 0.3) is 5.56 Å². The molecule has 0 N–H and O–H groups in total. The molecular formula is C21H21N3O4. The molecule has 1 aromatic heterocycles. The van der Waals surface area contributed by atoms with Gasteiger partial charge in [-0.3, -0.25) is 14.2 Å². The van der Waals surface area contributed by atoms with Crippen molar-refractivity contribution < 1.29 is 9.53 Å². The maximum atomic E-state index is 13.3. The molecule has 0 radical (unpaired) electrons. The number of benzene rings is 2. The Morgan fingerprint density at radius 3 is 2.54 bits per heavy atom. The van der Waals surface area contributed by atoms with Gasteiger partial charge in [0.2, 0.25) is 5.91 Å². The predicted molar refractivity (Wildman–Crippen MR) is 106 cm³/mol. The molecule has 0 unspecified atom stereocenters. The largest absolute Gasteiger partial charge is 0.378 e. The van der Waals surface area contributed by atoms with Crippen LogP contribution in [0.5, 0.6) is 0 Å². The van der Waals surface area contributed by atoms with Crippen molar-refractivity contribution in [3.63, 3.8) is 0 Å². The van der Waals surface area contributed by atoms with Crippen molar-refractivity contribution in [2.75, 3.05) is 26.3 Å². The standard InChI is InChI=1S/C21H21N3O4/c1-15-5-4-6-16(13-15)24-20(26)17-7-2-3-8-18(17)23(21(24)27)14-19(25)22-9-11-28-12-10-22/h2-8,13H,9-12,14H2,1H3. The summed E-state index contributed by atoms with van der Waals surface area (Å²) in [6.45, 7) is 3.77. The highest BCUT2D eigenvalue weighted by atomic mass is 16.5. The first-order chi connectivity index (χ1) is 13.6. The van der Waals surface area contributed by atoms with Crippen molar-refractivity contribution >= 4 is 16.8 Å². The highest BCUT2D eigenvalue weighted by Crippen LogP contribution is 2.12. The number of carbonyl (C=O) groups excluding carboxylic acids is 1. The summed E-state index contributed by atoms with van der Waals surface area (Å²) in [5.41, 5.74) is 0.987. The van der Waals surface area contributed by atoms with E-state index < -0.39 is 5.69 Å². The minimum absolute atomic E-state index is 0.120. The Kier molecular flexibility index (Phi) is 4.83. The molecule has 144 valence electrons. The van der Waals surface area contributed by atoms with Gasteiger partial charge in [-0.05, 0) is 36.8 Å². The second kappa shape index (κ2) is 7.44. The number of fused-ring (bicyclic) bond motifs is 1. The third kappa shape index (κ3) is 3.25. The number of aryl methyl sites for hydroxylation is 1. The van der Waals surface area contributed by atoms with E-state index in [1.165, 1.54) is 4.57 Å². The van der Waals surface area contributed by atoms with E-state index in [-0.39, 0.29) is 18.0 Å². The number of hydrogen-bond donors (Lipinski definition) is 0. The molecule has 0 spiro atoms. The van der Waals surface area contributed by atoms with Crippen LogP contribution in [0.3, 0.4) is 0 Å². The Balaban J connectivity index is 1.89. The molecule has 0 bridgehead atoms. The Morgan fingerprint density at radius 2 is 1.79 bits per heavy atom. The molecule has 2 aromatic carbocycles. The zero-order valence-electron chi connectivity index (χ0n) is 15.6. The van der Waals surface area contributed by atoms with Gasteiger partial charge in [0.05, 0.1) is 29.8 Å². The minimum Gasteiger partial charge on any atom is -0.378 e. The van der Waals surface area contributed by atoms with E-state index in [2.05, 4.69) is 0 Å². The van der Waals surface area contributed by atoms with Crippen molar-refractivity contribution in [1.29, 1.82) is 0 Å². The number of para-hydroxylation sites is 1. The van der Waals surface area contributed by atoms with Gasteiger partial charge < -0.3 is 9.64 Å². The smallest absolute Gasteiger partial charge is 0.336 e. The fraction of sp³-hybridized carbons (Fsp3) is 0.286. The summed E-state index contributed by atoms with van der Waals surface area (Å²) < 4.78 is 7.82. The van der Waals surface area contributed by atoms with Crippen molar-refractivity contribution in [3.05, 3.63) is 74.9 Å². The number of amides is 1. The molecular weight excluding hydrogens is 358 g/mol. The van der Waals surface area contributed by atoms with E-state index in [9.17, 15) is 14.4 Å². The molecule has 0 aliphatic carbocycles. The summed E-state index contributed by atoms with van der Waals surface area (Å²) in [5, 5.41) is 0.401. The fourth-order valence-electron chi connectivity index (χ4n) is 3.52. The van der Waals surface area contributed by atoms with E-state index >= 15 is 0 Å². The van der Waals surface area contributed by atoms with Gasteiger partial charge in [0, 0.05) is 13.1 Å². The Hall–Kier alpha value is -3.19. The van der Waals surface area contributed by atoms with Crippen molar-refractivity contribution in [1.82, 2.24) is 14.0 Å². The summed E-state index contributed by atoms with van der Waals surface area (Å²) in [7, 11) is 0. The molecule has 7 heteroatoms. The molecule has 0 atom stereocenters. The Labute approximate surface area is 161 Å². The Bertz CT molecular complexity index is 1160. The lowest BCUT2D eigenvalue weighted by molar-refractivity contribution is -0.135. The molecule has 1 amide bonds. The summed E-state index contributed by atoms with van der Waals surface area (Å²) >= 11 is 0. The average Bonchev–Trinajstić information content (AvgIpc) is 2.72. The van der Waals surface area contributed by atoms with E-state index in [4.69, 9.17) is 4.74 Å². The molecule has 2 heterocycles. The average molecular weight is 379 g/mol. The van der Waals surface area contributed by atoms with Crippen LogP contribution in [0.2, 0.25) is 0 Å². The summed E-state index contributed by atoms with van der Waals surface area (Å²) in [6.07, 6.45) is 0. The third-order valence-electron chi connectivity index (χ3n) is 4.97. The maximum Gasteiger partial charge on any atom is 0.336 e. The van der Waals surface area contributed by atoms with E-state index in [0.717, 1.165) is 10.1 Å². The maximum absolute atomic E-state index is 13.3. The summed E-state index contributed by atoms with van der Waals surface area (Å²) in [6, 6.07) is 14.1. The number of carbonyl (C=O) groups is 1. The first-order valence-electron chi connectivity index (χ1n) is 9.23. The number of nitrogens with zero attached hydrogens (tertiary/aromatic N) is 3. The summed E-state index contributed by atoms with van der Waals surface area (Å²) in [4.78, 5) is 40.8. The van der Waals surface area contributed by atoms with Crippen LogP contribution in [-0.4, -0.2) is 46.2 Å².